The Kier molecular flexibility index (Phi) is 4.19. The molecule has 0 bridgehead atoms. The lowest BCUT2D eigenvalue weighted by atomic mass is 10.1. The van der Waals surface area contributed by atoms with Crippen molar-refractivity contribution in [3.05, 3.63) is 29.3 Å². The van der Waals surface area contributed by atoms with Crippen LogP contribution < -0.4 is 4.74 Å². The van der Waals surface area contributed by atoms with Gasteiger partial charge in [0.2, 0.25) is 0 Å². The molecule has 2 rings (SSSR count). The summed E-state index contributed by atoms with van der Waals surface area (Å²) < 4.78 is 5.20. The van der Waals surface area contributed by atoms with Crippen molar-refractivity contribution in [3.8, 4) is 11.8 Å². The smallest absolute Gasteiger partial charge is 0.136 e. The summed E-state index contributed by atoms with van der Waals surface area (Å²) >= 11 is 0. The largest absolute Gasteiger partial charge is 0.495 e. The average Bonchev–Trinajstić information content (AvgIpc) is 2.41. The first kappa shape index (κ1) is 12.9. The maximum Gasteiger partial charge on any atom is 0.136 e. The van der Waals surface area contributed by atoms with Gasteiger partial charge in [-0.3, -0.25) is 4.90 Å². The summed E-state index contributed by atoms with van der Waals surface area (Å²) in [4.78, 5) is 2.31. The number of ether oxygens (including phenoxy) is 1. The molecule has 0 aliphatic carbocycles. The van der Waals surface area contributed by atoms with Crippen molar-refractivity contribution >= 4 is 0 Å². The van der Waals surface area contributed by atoms with Gasteiger partial charge in [0.1, 0.15) is 11.8 Å². The second kappa shape index (κ2) is 5.85. The number of aliphatic hydroxyl groups excluding tert-OH is 1. The van der Waals surface area contributed by atoms with Gasteiger partial charge in [0, 0.05) is 19.6 Å². The molecule has 1 saturated heterocycles. The van der Waals surface area contributed by atoms with E-state index >= 15 is 0 Å². The second-order valence-corrected chi connectivity index (χ2v) is 4.65. The van der Waals surface area contributed by atoms with Crippen molar-refractivity contribution in [1.82, 2.24) is 4.90 Å². The van der Waals surface area contributed by atoms with Crippen LogP contribution in [0.2, 0.25) is 0 Å². The number of nitrogens with zero attached hydrogens (tertiary/aromatic N) is 2. The van der Waals surface area contributed by atoms with Gasteiger partial charge in [0.15, 0.2) is 0 Å². The Morgan fingerprint density at radius 3 is 2.78 bits per heavy atom. The zero-order chi connectivity index (χ0) is 13.0. The van der Waals surface area contributed by atoms with Crippen LogP contribution in [0.4, 0.5) is 0 Å². The lowest BCUT2D eigenvalue weighted by Gasteiger charge is -2.29. The quantitative estimate of drug-likeness (QED) is 0.878. The Morgan fingerprint density at radius 2 is 2.17 bits per heavy atom. The van der Waals surface area contributed by atoms with Gasteiger partial charge in [-0.05, 0) is 30.5 Å². The fourth-order valence-corrected chi connectivity index (χ4v) is 2.26. The summed E-state index contributed by atoms with van der Waals surface area (Å²) in [6.45, 7) is 2.68. The van der Waals surface area contributed by atoms with E-state index in [1.807, 2.05) is 12.1 Å². The topological polar surface area (TPSA) is 56.5 Å². The molecular formula is C14H18N2O2. The Bertz CT molecular complexity index is 446. The number of methoxy groups -OCH3 is 1. The van der Waals surface area contributed by atoms with E-state index < -0.39 is 0 Å². The predicted octanol–water partition coefficient (Wildman–Crippen LogP) is 1.52. The predicted molar refractivity (Wildman–Crippen MR) is 68.2 cm³/mol. The van der Waals surface area contributed by atoms with Crippen molar-refractivity contribution in [1.29, 1.82) is 5.26 Å². The molecule has 0 saturated carbocycles. The fourth-order valence-electron chi connectivity index (χ4n) is 2.26. The van der Waals surface area contributed by atoms with Gasteiger partial charge >= 0.3 is 0 Å². The maximum absolute atomic E-state index is 9.46. The minimum Gasteiger partial charge on any atom is -0.495 e. The highest BCUT2D eigenvalue weighted by atomic mass is 16.5. The minimum atomic E-state index is -0.142. The second-order valence-electron chi connectivity index (χ2n) is 4.65. The molecule has 4 heteroatoms. The third kappa shape index (κ3) is 3.00. The molecule has 1 aromatic carbocycles. The van der Waals surface area contributed by atoms with E-state index in [2.05, 4.69) is 11.0 Å². The molecule has 1 fully saturated rings. The Labute approximate surface area is 107 Å². The van der Waals surface area contributed by atoms with E-state index in [1.165, 1.54) is 0 Å². The average molecular weight is 246 g/mol. The number of hydrogen-bond acceptors (Lipinski definition) is 4. The van der Waals surface area contributed by atoms with Gasteiger partial charge in [-0.15, -0.1) is 0 Å². The van der Waals surface area contributed by atoms with E-state index in [-0.39, 0.29) is 6.10 Å². The summed E-state index contributed by atoms with van der Waals surface area (Å²) in [6, 6.07) is 7.79. The molecule has 0 spiro atoms. The molecule has 1 heterocycles. The summed E-state index contributed by atoms with van der Waals surface area (Å²) in [6.07, 6.45) is 1.54. The monoisotopic (exact) mass is 246 g/mol. The lowest BCUT2D eigenvalue weighted by Crippen LogP contribution is -2.35. The Hall–Kier alpha value is -1.57. The Morgan fingerprint density at radius 1 is 1.44 bits per heavy atom. The number of hydrogen-bond donors (Lipinski definition) is 1. The van der Waals surface area contributed by atoms with Crippen molar-refractivity contribution in [2.45, 2.75) is 25.5 Å². The molecule has 0 amide bonds. The highest BCUT2D eigenvalue weighted by Gasteiger charge is 2.17. The van der Waals surface area contributed by atoms with E-state index in [9.17, 15) is 5.11 Å². The molecule has 0 atom stereocenters. The standard InChI is InChI=1S/C14H18N2O2/c1-18-14-8-11(2-3-12(14)9-15)10-16-6-4-13(17)5-7-16/h2-3,8,13,17H,4-7,10H2,1H3. The van der Waals surface area contributed by atoms with Crippen LogP contribution in [0.25, 0.3) is 0 Å². The molecule has 1 N–H and O–H groups in total. The summed E-state index contributed by atoms with van der Waals surface area (Å²) in [7, 11) is 1.58. The van der Waals surface area contributed by atoms with Crippen LogP contribution in [0.1, 0.15) is 24.0 Å². The van der Waals surface area contributed by atoms with Crippen LogP contribution in [0.3, 0.4) is 0 Å². The van der Waals surface area contributed by atoms with Gasteiger partial charge < -0.3 is 9.84 Å². The summed E-state index contributed by atoms with van der Waals surface area (Å²) in [5.41, 5.74) is 1.71. The molecule has 0 unspecified atom stereocenters. The number of piperidine rings is 1. The van der Waals surface area contributed by atoms with Crippen LogP contribution >= 0.6 is 0 Å². The van der Waals surface area contributed by atoms with Crippen LogP contribution in [0, 0.1) is 11.3 Å². The first-order valence-corrected chi connectivity index (χ1v) is 6.20. The van der Waals surface area contributed by atoms with E-state index in [1.54, 1.807) is 13.2 Å². The number of benzene rings is 1. The molecule has 4 nitrogen and oxygen atoms in total. The van der Waals surface area contributed by atoms with Gasteiger partial charge in [-0.2, -0.15) is 5.26 Å². The highest BCUT2D eigenvalue weighted by molar-refractivity contribution is 5.45. The molecule has 18 heavy (non-hydrogen) atoms. The molecule has 0 radical (unpaired) electrons. The van der Waals surface area contributed by atoms with Crippen molar-refractivity contribution in [2.75, 3.05) is 20.2 Å². The third-order valence-corrected chi connectivity index (χ3v) is 3.35. The minimum absolute atomic E-state index is 0.142. The zero-order valence-corrected chi connectivity index (χ0v) is 10.6. The van der Waals surface area contributed by atoms with Gasteiger partial charge in [-0.1, -0.05) is 6.07 Å². The fraction of sp³-hybridized carbons (Fsp3) is 0.500. The molecule has 1 aliphatic heterocycles. The first-order chi connectivity index (χ1) is 8.72. The van der Waals surface area contributed by atoms with Crippen molar-refractivity contribution < 1.29 is 9.84 Å². The number of rotatable bonds is 3. The van der Waals surface area contributed by atoms with Crippen LogP contribution in [0.5, 0.6) is 5.75 Å². The van der Waals surface area contributed by atoms with E-state index in [4.69, 9.17) is 10.00 Å². The highest BCUT2D eigenvalue weighted by Crippen LogP contribution is 2.21. The molecule has 1 aromatic rings. The first-order valence-electron chi connectivity index (χ1n) is 6.20. The van der Waals surface area contributed by atoms with Gasteiger partial charge in [0.05, 0.1) is 18.8 Å². The van der Waals surface area contributed by atoms with Gasteiger partial charge in [-0.25, -0.2) is 0 Å². The summed E-state index contributed by atoms with van der Waals surface area (Å²) in [5.74, 6) is 0.632. The van der Waals surface area contributed by atoms with Crippen molar-refractivity contribution in [2.24, 2.45) is 0 Å². The van der Waals surface area contributed by atoms with Crippen LogP contribution in [0.15, 0.2) is 18.2 Å². The van der Waals surface area contributed by atoms with Crippen LogP contribution in [-0.2, 0) is 6.54 Å². The van der Waals surface area contributed by atoms with Crippen LogP contribution in [-0.4, -0.2) is 36.3 Å². The lowest BCUT2D eigenvalue weighted by molar-refractivity contribution is 0.0792. The normalized spacial score (nSPS) is 17.4. The summed E-state index contributed by atoms with van der Waals surface area (Å²) in [5, 5.41) is 18.4. The number of nitriles is 1. The molecule has 1 aliphatic rings. The maximum atomic E-state index is 9.46. The SMILES string of the molecule is COc1cc(CN2CCC(O)CC2)ccc1C#N. The van der Waals surface area contributed by atoms with Crippen molar-refractivity contribution in [3.63, 3.8) is 0 Å². The molecule has 96 valence electrons. The Balaban J connectivity index is 2.04. The van der Waals surface area contributed by atoms with E-state index in [0.717, 1.165) is 38.0 Å². The number of aliphatic hydroxyl groups is 1. The van der Waals surface area contributed by atoms with E-state index in [0.29, 0.717) is 11.3 Å². The number of likely N-dealkylation sites (tertiary alicyclic amines) is 1. The molecular weight excluding hydrogens is 228 g/mol. The molecule has 0 aromatic heterocycles. The van der Waals surface area contributed by atoms with Gasteiger partial charge in [0.25, 0.3) is 0 Å². The zero-order valence-electron chi connectivity index (χ0n) is 10.6. The third-order valence-electron chi connectivity index (χ3n) is 3.35.